The Balaban J connectivity index is 1.98. The molecule has 1 aromatic rings. The molecule has 1 aromatic carbocycles. The zero-order valence-electron chi connectivity index (χ0n) is 25.9. The summed E-state index contributed by atoms with van der Waals surface area (Å²) in [4.78, 5) is 67.2. The number of rotatable bonds is 12. The van der Waals surface area contributed by atoms with Crippen LogP contribution in [0.1, 0.15) is 73.8 Å². The number of nitrogens with zero attached hydrogens (tertiary/aromatic N) is 1. The number of benzene rings is 1. The van der Waals surface area contributed by atoms with Crippen LogP contribution in [0.25, 0.3) is 0 Å². The Labute approximate surface area is 244 Å². The Morgan fingerprint density at radius 3 is 1.95 bits per heavy atom. The predicted molar refractivity (Wildman–Crippen MR) is 158 cm³/mol. The van der Waals surface area contributed by atoms with Gasteiger partial charge in [0.25, 0.3) is 5.91 Å². The number of Topliss-reactive ketones (excluding diaryl/α,β-unsaturated/α-hetero) is 1. The topological polar surface area (TPSA) is 137 Å². The van der Waals surface area contributed by atoms with Crippen LogP contribution in [-0.2, 0) is 30.5 Å². The average molecular weight is 572 g/mol. The molecular weight excluding hydrogens is 522 g/mol. The van der Waals surface area contributed by atoms with Crippen molar-refractivity contribution in [1.82, 2.24) is 26.2 Å². The summed E-state index contributed by atoms with van der Waals surface area (Å²) in [6, 6.07) is 6.69. The van der Waals surface area contributed by atoms with Gasteiger partial charge in [-0.05, 0) is 63.6 Å². The Hall–Kier alpha value is -3.27. The molecule has 0 aromatic heterocycles. The fourth-order valence-corrected chi connectivity index (χ4v) is 4.80. The monoisotopic (exact) mass is 571 g/mol. The van der Waals surface area contributed by atoms with Crippen LogP contribution in [0.4, 0.5) is 0 Å². The van der Waals surface area contributed by atoms with Crippen molar-refractivity contribution in [3.63, 3.8) is 0 Å². The number of likely N-dealkylation sites (tertiary alicyclic amines) is 1. The third-order valence-electron chi connectivity index (χ3n) is 7.56. The van der Waals surface area contributed by atoms with Gasteiger partial charge in [0.1, 0.15) is 12.1 Å². The van der Waals surface area contributed by atoms with E-state index in [1.165, 1.54) is 6.92 Å². The van der Waals surface area contributed by atoms with Crippen LogP contribution in [0.5, 0.6) is 0 Å². The molecule has 228 valence electrons. The summed E-state index contributed by atoms with van der Waals surface area (Å²) < 4.78 is 0. The Bertz CT molecular complexity index is 1060. The number of carbonyl (C=O) groups is 5. The molecule has 4 N–H and O–H groups in total. The summed E-state index contributed by atoms with van der Waals surface area (Å²) in [6.07, 6.45) is 1.45. The fraction of sp³-hybridized carbons (Fsp3) is 0.645. The van der Waals surface area contributed by atoms with Gasteiger partial charge in [0, 0.05) is 18.5 Å². The lowest BCUT2D eigenvalue weighted by molar-refractivity contribution is -0.141. The molecule has 0 saturated carbocycles. The highest BCUT2D eigenvalue weighted by atomic mass is 16.2. The number of hydrogen-bond acceptors (Lipinski definition) is 6. The normalized spacial score (nSPS) is 16.9. The maximum absolute atomic E-state index is 13.3. The van der Waals surface area contributed by atoms with Crippen LogP contribution < -0.4 is 21.3 Å². The van der Waals surface area contributed by atoms with Crippen LogP contribution >= 0.6 is 0 Å². The van der Waals surface area contributed by atoms with Gasteiger partial charge in [0.05, 0.1) is 6.04 Å². The first-order valence-electron chi connectivity index (χ1n) is 14.6. The highest BCUT2D eigenvalue weighted by molar-refractivity contribution is 6.38. The number of piperidine rings is 1. The molecule has 0 spiro atoms. The number of hydrogen-bond donors (Lipinski definition) is 4. The molecule has 1 saturated heterocycles. The van der Waals surface area contributed by atoms with E-state index in [2.05, 4.69) is 40.0 Å². The molecule has 0 radical (unpaired) electrons. The van der Waals surface area contributed by atoms with Crippen molar-refractivity contribution in [2.75, 3.05) is 13.1 Å². The van der Waals surface area contributed by atoms with Crippen molar-refractivity contribution < 1.29 is 24.0 Å². The lowest BCUT2D eigenvalue weighted by Crippen LogP contribution is -2.59. The first-order chi connectivity index (χ1) is 19.1. The summed E-state index contributed by atoms with van der Waals surface area (Å²) >= 11 is 0. The molecule has 1 fully saturated rings. The second-order valence-electron chi connectivity index (χ2n) is 12.7. The van der Waals surface area contributed by atoms with Crippen molar-refractivity contribution in [3.8, 4) is 0 Å². The van der Waals surface area contributed by atoms with Gasteiger partial charge in [-0.1, -0.05) is 65.0 Å². The first-order valence-corrected chi connectivity index (χ1v) is 14.6. The molecule has 1 aliphatic rings. The molecule has 0 aliphatic carbocycles. The van der Waals surface area contributed by atoms with Crippen LogP contribution in [0.3, 0.4) is 0 Å². The Kier molecular flexibility index (Phi) is 12.5. The molecular formula is C31H49N5O5. The third-order valence-corrected chi connectivity index (χ3v) is 7.56. The van der Waals surface area contributed by atoms with E-state index in [0.29, 0.717) is 6.04 Å². The van der Waals surface area contributed by atoms with E-state index in [9.17, 15) is 24.0 Å². The van der Waals surface area contributed by atoms with Gasteiger partial charge in [0.15, 0.2) is 0 Å². The molecule has 3 atom stereocenters. The maximum atomic E-state index is 13.3. The second kappa shape index (κ2) is 15.1. The third kappa shape index (κ3) is 10.3. The second-order valence-corrected chi connectivity index (χ2v) is 12.7. The minimum absolute atomic E-state index is 0.160. The highest BCUT2D eigenvalue weighted by Gasteiger charge is 2.37. The van der Waals surface area contributed by atoms with E-state index in [-0.39, 0.29) is 24.3 Å². The van der Waals surface area contributed by atoms with Gasteiger partial charge in [-0.15, -0.1) is 0 Å². The van der Waals surface area contributed by atoms with E-state index in [4.69, 9.17) is 0 Å². The van der Waals surface area contributed by atoms with Gasteiger partial charge in [0.2, 0.25) is 23.5 Å². The van der Waals surface area contributed by atoms with E-state index in [1.807, 2.05) is 51.1 Å². The van der Waals surface area contributed by atoms with Crippen molar-refractivity contribution >= 4 is 29.4 Å². The van der Waals surface area contributed by atoms with Crippen molar-refractivity contribution in [1.29, 1.82) is 0 Å². The standard InChI is InChI=1S/C31H49N5O5/c1-19(2)24(25(37)29(40)32-18-22-12-10-9-11-13-22)34-27(38)21(5)33-30(41)26(31(6,7)8)35-28(39)23-14-16-36(17-15-23)20(3)4/h9-13,19-21,23-24,26H,14-18H2,1-8H3,(H,32,40)(H,33,41)(H,34,38)(H,35,39)/t21-,24-,26+/m0/s1. The summed E-state index contributed by atoms with van der Waals surface area (Å²) in [6.45, 7) is 16.7. The Morgan fingerprint density at radius 1 is 0.854 bits per heavy atom. The van der Waals surface area contributed by atoms with Crippen LogP contribution in [-0.4, -0.2) is 71.6 Å². The van der Waals surface area contributed by atoms with Gasteiger partial charge >= 0.3 is 0 Å². The summed E-state index contributed by atoms with van der Waals surface area (Å²) in [5, 5.41) is 10.8. The smallest absolute Gasteiger partial charge is 0.289 e. The lowest BCUT2D eigenvalue weighted by atomic mass is 9.85. The zero-order valence-corrected chi connectivity index (χ0v) is 25.9. The van der Waals surface area contributed by atoms with Gasteiger partial charge in [-0.3, -0.25) is 24.0 Å². The molecule has 2 rings (SSSR count). The SMILES string of the molecule is CC(C)[C@H](NC(=O)[C@H](C)NC(=O)[C@@H](NC(=O)C1CCN(C(C)C)CC1)C(C)(C)C)C(=O)C(=O)NCc1ccccc1. The number of carbonyl (C=O) groups excluding carboxylic acids is 5. The van der Waals surface area contributed by atoms with Gasteiger partial charge in [-0.2, -0.15) is 0 Å². The molecule has 0 unspecified atom stereocenters. The maximum Gasteiger partial charge on any atom is 0.289 e. The van der Waals surface area contributed by atoms with E-state index >= 15 is 0 Å². The van der Waals surface area contributed by atoms with E-state index < -0.39 is 47.0 Å². The number of nitrogens with one attached hydrogen (secondary N) is 4. The van der Waals surface area contributed by atoms with Gasteiger partial charge in [-0.25, -0.2) is 0 Å². The van der Waals surface area contributed by atoms with E-state index in [1.54, 1.807) is 13.8 Å². The van der Waals surface area contributed by atoms with Crippen LogP contribution in [0.2, 0.25) is 0 Å². The Morgan fingerprint density at radius 2 is 1.44 bits per heavy atom. The average Bonchev–Trinajstić information content (AvgIpc) is 2.92. The van der Waals surface area contributed by atoms with Crippen molar-refractivity contribution in [2.45, 2.75) is 98.9 Å². The molecule has 0 bridgehead atoms. The first kappa shape index (κ1) is 33.9. The van der Waals surface area contributed by atoms with E-state index in [0.717, 1.165) is 31.5 Å². The summed E-state index contributed by atoms with van der Waals surface area (Å²) in [5.74, 6) is -3.32. The van der Waals surface area contributed by atoms with Crippen molar-refractivity contribution in [2.24, 2.45) is 17.3 Å². The quantitative estimate of drug-likeness (QED) is 0.284. The van der Waals surface area contributed by atoms with Gasteiger partial charge < -0.3 is 26.2 Å². The zero-order chi connectivity index (χ0) is 30.9. The summed E-state index contributed by atoms with van der Waals surface area (Å²) in [5.41, 5.74) is 0.235. The highest BCUT2D eigenvalue weighted by Crippen LogP contribution is 2.23. The molecule has 1 aliphatic heterocycles. The minimum atomic E-state index is -1.06. The number of ketones is 1. The van der Waals surface area contributed by atoms with Crippen LogP contribution in [0.15, 0.2) is 30.3 Å². The molecule has 10 heteroatoms. The molecule has 10 nitrogen and oxygen atoms in total. The van der Waals surface area contributed by atoms with Crippen LogP contribution in [0, 0.1) is 17.3 Å². The largest absolute Gasteiger partial charge is 0.345 e. The number of amides is 4. The molecule has 41 heavy (non-hydrogen) atoms. The fourth-order valence-electron chi connectivity index (χ4n) is 4.80. The lowest BCUT2D eigenvalue weighted by Gasteiger charge is -2.36. The minimum Gasteiger partial charge on any atom is -0.345 e. The predicted octanol–water partition coefficient (Wildman–Crippen LogP) is 2.17. The van der Waals surface area contributed by atoms with Crippen molar-refractivity contribution in [3.05, 3.63) is 35.9 Å². The summed E-state index contributed by atoms with van der Waals surface area (Å²) in [7, 11) is 0. The molecule has 4 amide bonds. The molecule has 1 heterocycles.